The highest BCUT2D eigenvalue weighted by Crippen LogP contribution is 2.27. The molecule has 0 spiro atoms. The van der Waals surface area contributed by atoms with Crippen LogP contribution in [-0.4, -0.2) is 49.9 Å². The van der Waals surface area contributed by atoms with Crippen LogP contribution < -0.4 is 21.5 Å². The molecule has 2 heterocycles. The smallest absolute Gasteiger partial charge is 0.293 e. The van der Waals surface area contributed by atoms with Gasteiger partial charge in [-0.3, -0.25) is 9.59 Å². The molecule has 190 valence electrons. The highest BCUT2D eigenvalue weighted by atomic mass is 35.5. The molecular weight excluding hydrogens is 515 g/mol. The molecule has 0 bridgehead atoms. The summed E-state index contributed by atoms with van der Waals surface area (Å²) in [4.78, 5) is 33.3. The maximum absolute atomic E-state index is 12.7. The summed E-state index contributed by atoms with van der Waals surface area (Å²) in [7, 11) is 0. The van der Waals surface area contributed by atoms with Gasteiger partial charge in [-0.05, 0) is 62.0 Å². The second-order valence-corrected chi connectivity index (χ2v) is 8.46. The van der Waals surface area contributed by atoms with E-state index in [2.05, 4.69) is 31.0 Å². The van der Waals surface area contributed by atoms with E-state index in [0.717, 1.165) is 36.7 Å². The molecule has 2 aromatic heterocycles. The number of anilines is 1. The minimum absolute atomic E-state index is 0. The predicted octanol–water partition coefficient (Wildman–Crippen LogP) is 2.44. The van der Waals surface area contributed by atoms with Crippen molar-refractivity contribution in [2.45, 2.75) is 32.4 Å². The van der Waals surface area contributed by atoms with Crippen LogP contribution in [0.5, 0.6) is 0 Å². The Morgan fingerprint density at radius 2 is 2.03 bits per heavy atom. The van der Waals surface area contributed by atoms with Crippen molar-refractivity contribution >= 4 is 48.1 Å². The van der Waals surface area contributed by atoms with Crippen molar-refractivity contribution < 1.29 is 4.79 Å². The molecule has 35 heavy (non-hydrogen) atoms. The maximum Gasteiger partial charge on any atom is 0.293 e. The Bertz CT molecular complexity index is 1140. The fraction of sp³-hybridized carbons (Fsp3) is 0.409. The molecule has 1 aliphatic carbocycles. The van der Waals surface area contributed by atoms with Gasteiger partial charge in [0.05, 0.1) is 5.69 Å². The summed E-state index contributed by atoms with van der Waals surface area (Å²) in [5.41, 5.74) is 1.21. The van der Waals surface area contributed by atoms with E-state index >= 15 is 0 Å². The van der Waals surface area contributed by atoms with Crippen LogP contribution >= 0.6 is 36.4 Å². The summed E-state index contributed by atoms with van der Waals surface area (Å²) >= 11 is 6.13. The number of aromatic nitrogens is 5. The zero-order valence-corrected chi connectivity index (χ0v) is 21.4. The summed E-state index contributed by atoms with van der Waals surface area (Å²) < 4.78 is 2.94. The van der Waals surface area contributed by atoms with Gasteiger partial charge in [0.2, 0.25) is 5.91 Å². The predicted molar refractivity (Wildman–Crippen MR) is 140 cm³/mol. The maximum atomic E-state index is 12.7. The number of hydrogen-bond donors (Lipinski definition) is 3. The van der Waals surface area contributed by atoms with E-state index in [0.29, 0.717) is 11.6 Å². The van der Waals surface area contributed by atoms with Gasteiger partial charge in [-0.2, -0.15) is 5.10 Å². The Labute approximate surface area is 220 Å². The third-order valence-corrected chi connectivity index (χ3v) is 5.60. The van der Waals surface area contributed by atoms with Crippen molar-refractivity contribution in [3.63, 3.8) is 0 Å². The molecule has 0 atom stereocenters. The van der Waals surface area contributed by atoms with E-state index in [4.69, 9.17) is 11.6 Å². The Morgan fingerprint density at radius 3 is 2.77 bits per heavy atom. The van der Waals surface area contributed by atoms with Gasteiger partial charge >= 0.3 is 0 Å². The van der Waals surface area contributed by atoms with Crippen molar-refractivity contribution in [3.8, 4) is 5.69 Å². The number of nitrogens with one attached hydrogen (secondary N) is 3. The van der Waals surface area contributed by atoms with Gasteiger partial charge < -0.3 is 20.5 Å². The van der Waals surface area contributed by atoms with Gasteiger partial charge in [-0.25, -0.2) is 14.6 Å². The fourth-order valence-electron chi connectivity index (χ4n) is 3.40. The van der Waals surface area contributed by atoms with Gasteiger partial charge in [-0.1, -0.05) is 11.6 Å². The molecular formula is C22H29Cl3N8O2. The van der Waals surface area contributed by atoms with E-state index in [1.165, 1.54) is 36.1 Å². The second kappa shape index (κ2) is 14.0. The van der Waals surface area contributed by atoms with Crippen molar-refractivity contribution in [2.75, 3.05) is 25.0 Å². The van der Waals surface area contributed by atoms with Gasteiger partial charge in [0.1, 0.15) is 19.2 Å². The lowest BCUT2D eigenvalue weighted by Gasteiger charge is -2.12. The molecule has 13 heteroatoms. The van der Waals surface area contributed by atoms with Crippen LogP contribution in [0.3, 0.4) is 0 Å². The molecule has 1 fully saturated rings. The molecule has 1 aromatic carbocycles. The number of benzene rings is 1. The number of carbonyl (C=O) groups excluding carboxylic acids is 1. The van der Waals surface area contributed by atoms with Gasteiger partial charge in [0, 0.05) is 30.5 Å². The number of halogens is 3. The molecule has 3 N–H and O–H groups in total. The van der Waals surface area contributed by atoms with Gasteiger partial charge in [0.25, 0.3) is 5.56 Å². The van der Waals surface area contributed by atoms with Crippen LogP contribution in [0.4, 0.5) is 5.82 Å². The highest BCUT2D eigenvalue weighted by molar-refractivity contribution is 6.30. The van der Waals surface area contributed by atoms with E-state index in [-0.39, 0.29) is 55.2 Å². The third-order valence-electron chi connectivity index (χ3n) is 5.36. The average molecular weight is 544 g/mol. The first-order chi connectivity index (χ1) is 16.1. The van der Waals surface area contributed by atoms with Gasteiger partial charge in [-0.15, -0.1) is 24.8 Å². The Balaban J connectivity index is 0.00000216. The topological polar surface area (TPSA) is 119 Å². The average Bonchev–Trinajstić information content (AvgIpc) is 3.47. The van der Waals surface area contributed by atoms with Crippen molar-refractivity contribution in [2.24, 2.45) is 5.92 Å². The Morgan fingerprint density at radius 1 is 1.20 bits per heavy atom. The minimum Gasteiger partial charge on any atom is -0.365 e. The molecule has 0 aliphatic heterocycles. The quantitative estimate of drug-likeness (QED) is 0.300. The summed E-state index contributed by atoms with van der Waals surface area (Å²) in [5, 5.41) is 14.0. The third kappa shape index (κ3) is 8.50. The lowest BCUT2D eigenvalue weighted by molar-refractivity contribution is -0.121. The zero-order valence-electron chi connectivity index (χ0n) is 19.0. The first kappa shape index (κ1) is 28.6. The Hall–Kier alpha value is -2.66. The molecule has 1 amide bonds. The second-order valence-electron chi connectivity index (χ2n) is 8.03. The lowest BCUT2D eigenvalue weighted by Crippen LogP contribution is -2.33. The van der Waals surface area contributed by atoms with E-state index in [1.807, 2.05) is 6.07 Å². The number of amides is 1. The van der Waals surface area contributed by atoms with Crippen LogP contribution in [0, 0.1) is 5.92 Å². The van der Waals surface area contributed by atoms with Crippen molar-refractivity contribution in [1.29, 1.82) is 0 Å². The summed E-state index contributed by atoms with van der Waals surface area (Å²) in [6, 6.07) is 5.32. The SMILES string of the molecule is Cl.Cl.O=C(Cn1ccnc(NCCCNCC2CC2)c1=O)NCc1cc(Cl)ccc1-n1cncn1. The molecule has 0 unspecified atom stereocenters. The number of rotatable bonds is 12. The molecule has 0 saturated heterocycles. The Kier molecular flexibility index (Phi) is 11.5. The van der Waals surface area contributed by atoms with Crippen LogP contribution in [-0.2, 0) is 17.9 Å². The monoisotopic (exact) mass is 542 g/mol. The lowest BCUT2D eigenvalue weighted by atomic mass is 10.1. The molecule has 0 radical (unpaired) electrons. The summed E-state index contributed by atoms with van der Waals surface area (Å²) in [6.45, 7) is 2.72. The normalized spacial score (nSPS) is 12.4. The zero-order chi connectivity index (χ0) is 23.0. The van der Waals surface area contributed by atoms with Crippen LogP contribution in [0.25, 0.3) is 5.69 Å². The van der Waals surface area contributed by atoms with Gasteiger partial charge in [0.15, 0.2) is 5.82 Å². The fourth-order valence-corrected chi connectivity index (χ4v) is 3.59. The van der Waals surface area contributed by atoms with Crippen molar-refractivity contribution in [3.05, 3.63) is 64.2 Å². The first-order valence-corrected chi connectivity index (χ1v) is 11.4. The minimum atomic E-state index is -0.329. The van der Waals surface area contributed by atoms with Crippen LogP contribution in [0.15, 0.2) is 48.0 Å². The first-order valence-electron chi connectivity index (χ1n) is 11.0. The number of carbonyl (C=O) groups is 1. The van der Waals surface area contributed by atoms with E-state index in [9.17, 15) is 9.59 Å². The van der Waals surface area contributed by atoms with Crippen molar-refractivity contribution in [1.82, 2.24) is 34.9 Å². The van der Waals surface area contributed by atoms with Crippen LogP contribution in [0.1, 0.15) is 24.8 Å². The molecule has 10 nitrogen and oxygen atoms in total. The van der Waals surface area contributed by atoms with E-state index in [1.54, 1.807) is 23.1 Å². The van der Waals surface area contributed by atoms with E-state index < -0.39 is 0 Å². The molecule has 4 rings (SSSR count). The molecule has 3 aromatic rings. The number of nitrogens with zero attached hydrogens (tertiary/aromatic N) is 5. The largest absolute Gasteiger partial charge is 0.365 e. The molecule has 1 saturated carbocycles. The molecule has 1 aliphatic rings. The standard InChI is InChI=1S/C22H27ClN8O2.2ClH/c23-18-4-5-19(31-15-25-14-29-31)17(10-18)12-28-20(32)13-30-9-8-27-21(22(30)33)26-7-1-6-24-11-16-2-3-16;;/h4-5,8-10,14-16,24H,1-3,6-7,11-13H2,(H,26,27)(H,28,32);2*1H. The highest BCUT2D eigenvalue weighted by Gasteiger charge is 2.19. The van der Waals surface area contributed by atoms with Crippen LogP contribution in [0.2, 0.25) is 5.02 Å². The summed E-state index contributed by atoms with van der Waals surface area (Å²) in [6.07, 6.45) is 9.57. The summed E-state index contributed by atoms with van der Waals surface area (Å²) in [5.74, 6) is 0.791. The number of hydrogen-bond acceptors (Lipinski definition) is 7.